The van der Waals surface area contributed by atoms with Crippen LogP contribution in [0.5, 0.6) is 0 Å². The third-order valence-electron chi connectivity index (χ3n) is 4.99. The fourth-order valence-corrected chi connectivity index (χ4v) is 3.27. The molecular formula is C20H36N6. The lowest BCUT2D eigenvalue weighted by molar-refractivity contribution is 0.0982. The quantitative estimate of drug-likeness (QED) is 0.359. The molecular weight excluding hydrogens is 324 g/mol. The molecule has 0 radical (unpaired) electrons. The summed E-state index contributed by atoms with van der Waals surface area (Å²) in [5.41, 5.74) is 0.157. The van der Waals surface area contributed by atoms with Gasteiger partial charge in [0.05, 0.1) is 0 Å². The van der Waals surface area contributed by atoms with Gasteiger partial charge in [0.2, 0.25) is 0 Å². The van der Waals surface area contributed by atoms with Crippen LogP contribution in [-0.2, 0) is 0 Å². The minimum absolute atomic E-state index is 0.157. The second-order valence-corrected chi connectivity index (χ2v) is 7.56. The van der Waals surface area contributed by atoms with Gasteiger partial charge in [0.15, 0.2) is 5.96 Å². The van der Waals surface area contributed by atoms with Crippen molar-refractivity contribution >= 4 is 11.8 Å². The van der Waals surface area contributed by atoms with Crippen molar-refractivity contribution in [2.75, 3.05) is 45.1 Å². The molecule has 1 aliphatic rings. The number of nitrogens with one attached hydrogen (secondary N) is 3. The molecule has 0 saturated carbocycles. The van der Waals surface area contributed by atoms with Gasteiger partial charge < -0.3 is 16.0 Å². The number of hydrogen-bond acceptors (Lipinski definition) is 4. The van der Waals surface area contributed by atoms with Crippen LogP contribution >= 0.6 is 0 Å². The summed E-state index contributed by atoms with van der Waals surface area (Å²) in [5, 5.41) is 10.3. The number of hydrogen-bond donors (Lipinski definition) is 3. The molecule has 0 spiro atoms. The number of pyridine rings is 1. The molecule has 1 saturated heterocycles. The van der Waals surface area contributed by atoms with E-state index in [9.17, 15) is 0 Å². The molecule has 0 atom stereocenters. The Morgan fingerprint density at radius 1 is 1.12 bits per heavy atom. The second-order valence-electron chi connectivity index (χ2n) is 7.56. The monoisotopic (exact) mass is 360 g/mol. The van der Waals surface area contributed by atoms with E-state index in [1.54, 1.807) is 0 Å². The Balaban J connectivity index is 1.58. The molecule has 1 aliphatic heterocycles. The van der Waals surface area contributed by atoms with E-state index in [-0.39, 0.29) is 5.54 Å². The van der Waals surface area contributed by atoms with Crippen molar-refractivity contribution in [2.45, 2.75) is 51.5 Å². The average molecular weight is 361 g/mol. The van der Waals surface area contributed by atoms with Crippen molar-refractivity contribution in [1.29, 1.82) is 0 Å². The average Bonchev–Trinajstić information content (AvgIpc) is 2.68. The Morgan fingerprint density at radius 2 is 1.88 bits per heavy atom. The molecule has 0 aromatic carbocycles. The van der Waals surface area contributed by atoms with Crippen LogP contribution in [0.15, 0.2) is 29.4 Å². The van der Waals surface area contributed by atoms with Gasteiger partial charge in [-0.1, -0.05) is 12.5 Å². The Kier molecular flexibility index (Phi) is 8.68. The van der Waals surface area contributed by atoms with Crippen LogP contribution in [0.2, 0.25) is 0 Å². The van der Waals surface area contributed by atoms with Crippen LogP contribution in [0, 0.1) is 0 Å². The summed E-state index contributed by atoms with van der Waals surface area (Å²) in [5.74, 6) is 1.84. The molecule has 1 aromatic heterocycles. The van der Waals surface area contributed by atoms with E-state index in [0.29, 0.717) is 0 Å². The van der Waals surface area contributed by atoms with Crippen molar-refractivity contribution in [1.82, 2.24) is 20.5 Å². The van der Waals surface area contributed by atoms with Crippen molar-refractivity contribution in [3.8, 4) is 0 Å². The number of anilines is 1. The Labute approximate surface area is 158 Å². The van der Waals surface area contributed by atoms with Crippen LogP contribution in [0.4, 0.5) is 5.82 Å². The first-order chi connectivity index (χ1) is 12.6. The first-order valence-corrected chi connectivity index (χ1v) is 9.96. The molecule has 0 unspecified atom stereocenters. The number of piperidine rings is 1. The predicted octanol–water partition coefficient (Wildman–Crippen LogP) is 2.70. The summed E-state index contributed by atoms with van der Waals surface area (Å²) in [6.45, 7) is 9.84. The van der Waals surface area contributed by atoms with E-state index in [0.717, 1.165) is 44.3 Å². The molecule has 26 heavy (non-hydrogen) atoms. The molecule has 0 amide bonds. The van der Waals surface area contributed by atoms with Gasteiger partial charge >= 0.3 is 0 Å². The lowest BCUT2D eigenvalue weighted by atomic mass is 9.98. The number of unbranched alkanes of at least 4 members (excludes halogenated alkanes) is 1. The van der Waals surface area contributed by atoms with Crippen LogP contribution < -0.4 is 16.0 Å². The maximum absolute atomic E-state index is 4.35. The van der Waals surface area contributed by atoms with E-state index in [1.165, 1.54) is 32.4 Å². The molecule has 3 N–H and O–H groups in total. The predicted molar refractivity (Wildman–Crippen MR) is 111 cm³/mol. The van der Waals surface area contributed by atoms with Gasteiger partial charge in [0, 0.05) is 38.4 Å². The molecule has 1 aromatic rings. The number of nitrogens with zero attached hydrogens (tertiary/aromatic N) is 3. The minimum Gasteiger partial charge on any atom is -0.370 e. The third kappa shape index (κ3) is 7.20. The zero-order chi connectivity index (χ0) is 18.7. The normalized spacial score (nSPS) is 16.3. The highest BCUT2D eigenvalue weighted by Gasteiger charge is 2.27. The van der Waals surface area contributed by atoms with Crippen molar-refractivity contribution < 1.29 is 0 Å². The summed E-state index contributed by atoms with van der Waals surface area (Å²) in [6, 6.07) is 5.92. The third-order valence-corrected chi connectivity index (χ3v) is 4.99. The van der Waals surface area contributed by atoms with Crippen LogP contribution in [0.1, 0.15) is 46.0 Å². The standard InChI is InChI=1S/C20H36N6/c1-20(2,26-15-9-4-10-16-26)17-25-19(21-3)24-14-8-7-13-23-18-11-5-6-12-22-18/h5-6,11-12H,4,7-10,13-17H2,1-3H3,(H,22,23)(H2,21,24,25). The van der Waals surface area contributed by atoms with Gasteiger partial charge in [-0.25, -0.2) is 4.98 Å². The first-order valence-electron chi connectivity index (χ1n) is 9.96. The van der Waals surface area contributed by atoms with Gasteiger partial charge in [-0.3, -0.25) is 9.89 Å². The Bertz CT molecular complexity index is 522. The van der Waals surface area contributed by atoms with Crippen molar-refractivity contribution in [3.05, 3.63) is 24.4 Å². The Hall–Kier alpha value is -1.82. The van der Waals surface area contributed by atoms with E-state index in [4.69, 9.17) is 0 Å². The van der Waals surface area contributed by atoms with Crippen LogP contribution in [-0.4, -0.2) is 61.2 Å². The van der Waals surface area contributed by atoms with Gasteiger partial charge in [-0.05, 0) is 64.8 Å². The molecule has 2 heterocycles. The van der Waals surface area contributed by atoms with E-state index in [2.05, 4.69) is 44.7 Å². The van der Waals surface area contributed by atoms with E-state index < -0.39 is 0 Å². The number of aromatic nitrogens is 1. The number of guanidine groups is 1. The molecule has 6 nitrogen and oxygen atoms in total. The van der Waals surface area contributed by atoms with Crippen molar-refractivity contribution in [2.24, 2.45) is 4.99 Å². The lowest BCUT2D eigenvalue weighted by Gasteiger charge is -2.41. The lowest BCUT2D eigenvalue weighted by Crippen LogP contribution is -2.54. The van der Waals surface area contributed by atoms with E-state index >= 15 is 0 Å². The maximum atomic E-state index is 4.35. The van der Waals surface area contributed by atoms with Crippen LogP contribution in [0.3, 0.4) is 0 Å². The van der Waals surface area contributed by atoms with E-state index in [1.807, 2.05) is 31.4 Å². The fourth-order valence-electron chi connectivity index (χ4n) is 3.27. The molecule has 6 heteroatoms. The first kappa shape index (κ1) is 20.5. The van der Waals surface area contributed by atoms with Gasteiger partial charge in [-0.15, -0.1) is 0 Å². The SMILES string of the molecule is CN=C(NCCCCNc1ccccn1)NCC(C)(C)N1CCCCC1. The highest BCUT2D eigenvalue weighted by atomic mass is 15.2. The molecule has 146 valence electrons. The molecule has 0 bridgehead atoms. The molecule has 1 fully saturated rings. The van der Waals surface area contributed by atoms with Gasteiger partial charge in [0.1, 0.15) is 5.82 Å². The highest BCUT2D eigenvalue weighted by molar-refractivity contribution is 5.79. The van der Waals surface area contributed by atoms with Gasteiger partial charge in [-0.2, -0.15) is 0 Å². The minimum atomic E-state index is 0.157. The Morgan fingerprint density at radius 3 is 2.58 bits per heavy atom. The molecule has 0 aliphatic carbocycles. The number of likely N-dealkylation sites (tertiary alicyclic amines) is 1. The zero-order valence-electron chi connectivity index (χ0n) is 16.7. The molecule has 2 rings (SSSR count). The fraction of sp³-hybridized carbons (Fsp3) is 0.700. The summed E-state index contributed by atoms with van der Waals surface area (Å²) >= 11 is 0. The number of rotatable bonds is 9. The summed E-state index contributed by atoms with van der Waals surface area (Å²) in [6.07, 6.45) is 8.02. The van der Waals surface area contributed by atoms with Crippen LogP contribution in [0.25, 0.3) is 0 Å². The summed E-state index contributed by atoms with van der Waals surface area (Å²) < 4.78 is 0. The maximum Gasteiger partial charge on any atom is 0.191 e. The summed E-state index contributed by atoms with van der Waals surface area (Å²) in [7, 11) is 1.84. The zero-order valence-corrected chi connectivity index (χ0v) is 16.7. The number of aliphatic imine (C=N–C) groups is 1. The topological polar surface area (TPSA) is 64.6 Å². The second kappa shape index (κ2) is 11.0. The smallest absolute Gasteiger partial charge is 0.191 e. The summed E-state index contributed by atoms with van der Waals surface area (Å²) in [4.78, 5) is 11.2. The largest absolute Gasteiger partial charge is 0.370 e. The highest BCUT2D eigenvalue weighted by Crippen LogP contribution is 2.19. The van der Waals surface area contributed by atoms with Crippen molar-refractivity contribution in [3.63, 3.8) is 0 Å². The van der Waals surface area contributed by atoms with Gasteiger partial charge in [0.25, 0.3) is 0 Å².